The number of nitrogens with one attached hydrogen (secondary N) is 1. The molecule has 0 amide bonds. The van der Waals surface area contributed by atoms with Crippen LogP contribution in [0.2, 0.25) is 0 Å². The highest BCUT2D eigenvalue weighted by Gasteiger charge is 2.32. The van der Waals surface area contributed by atoms with Gasteiger partial charge in [-0.15, -0.1) is 0 Å². The van der Waals surface area contributed by atoms with Crippen LogP contribution in [0.3, 0.4) is 0 Å². The van der Waals surface area contributed by atoms with E-state index in [9.17, 15) is 0 Å². The first-order chi connectivity index (χ1) is 8.30. The summed E-state index contributed by atoms with van der Waals surface area (Å²) < 4.78 is 0. The van der Waals surface area contributed by atoms with Gasteiger partial charge in [-0.1, -0.05) is 41.5 Å². The minimum atomic E-state index is 0.379. The number of hydrogen-bond donors (Lipinski definition) is 1. The molecule has 0 heterocycles. The molecule has 0 saturated heterocycles. The maximum Gasteiger partial charge on any atom is 0.00966 e. The Labute approximate surface area is 115 Å². The molecule has 0 spiro atoms. The van der Waals surface area contributed by atoms with Crippen LogP contribution >= 0.6 is 0 Å². The monoisotopic (exact) mass is 254 g/mol. The highest BCUT2D eigenvalue weighted by atomic mass is 15.2. The van der Waals surface area contributed by atoms with Gasteiger partial charge >= 0.3 is 0 Å². The van der Waals surface area contributed by atoms with Crippen molar-refractivity contribution in [3.05, 3.63) is 0 Å². The van der Waals surface area contributed by atoms with Crippen LogP contribution in [0, 0.1) is 11.3 Å². The first-order valence-electron chi connectivity index (χ1n) is 7.77. The van der Waals surface area contributed by atoms with E-state index >= 15 is 0 Å². The maximum atomic E-state index is 3.59. The molecular formula is C16H34N2. The molecule has 0 aromatic heterocycles. The zero-order valence-corrected chi connectivity index (χ0v) is 13.4. The zero-order valence-electron chi connectivity index (χ0n) is 13.4. The predicted octanol–water partition coefficient (Wildman–Crippen LogP) is 3.52. The molecule has 0 unspecified atom stereocenters. The number of rotatable bonds is 9. The topological polar surface area (TPSA) is 15.3 Å². The summed E-state index contributed by atoms with van der Waals surface area (Å²) in [4.78, 5) is 2.74. The normalized spacial score (nSPS) is 17.2. The summed E-state index contributed by atoms with van der Waals surface area (Å²) in [5.41, 5.74) is 0.379. The van der Waals surface area contributed by atoms with Crippen LogP contribution in [0.5, 0.6) is 0 Å². The predicted molar refractivity (Wildman–Crippen MR) is 81.0 cm³/mol. The Morgan fingerprint density at radius 3 is 2.22 bits per heavy atom. The highest BCUT2D eigenvalue weighted by molar-refractivity contribution is 4.88. The maximum absolute atomic E-state index is 3.59. The first kappa shape index (κ1) is 16.0. The van der Waals surface area contributed by atoms with Crippen LogP contribution in [-0.4, -0.2) is 36.6 Å². The summed E-state index contributed by atoms with van der Waals surface area (Å²) in [6.45, 7) is 17.6. The molecule has 2 heteroatoms. The van der Waals surface area contributed by atoms with E-state index in [0.29, 0.717) is 11.5 Å². The van der Waals surface area contributed by atoms with Crippen molar-refractivity contribution in [1.29, 1.82) is 0 Å². The molecule has 1 aliphatic carbocycles. The Morgan fingerprint density at radius 1 is 1.17 bits per heavy atom. The second-order valence-electron chi connectivity index (χ2n) is 7.58. The van der Waals surface area contributed by atoms with Crippen LogP contribution in [0.4, 0.5) is 0 Å². The van der Waals surface area contributed by atoms with Crippen molar-refractivity contribution in [2.45, 2.75) is 72.9 Å². The van der Waals surface area contributed by atoms with Crippen LogP contribution < -0.4 is 5.32 Å². The standard InChI is InChI=1S/C16H34N2/c1-13(2)9-10-18(15-7-8-15)12-16(5,6)11-17-14(3)4/h13-15,17H,7-12H2,1-6H3. The molecule has 1 fully saturated rings. The summed E-state index contributed by atoms with van der Waals surface area (Å²) in [5, 5.41) is 3.59. The fourth-order valence-corrected chi connectivity index (χ4v) is 2.34. The van der Waals surface area contributed by atoms with E-state index in [0.717, 1.165) is 18.5 Å². The van der Waals surface area contributed by atoms with Crippen molar-refractivity contribution >= 4 is 0 Å². The number of hydrogen-bond acceptors (Lipinski definition) is 2. The molecule has 1 rings (SSSR count). The van der Waals surface area contributed by atoms with Gasteiger partial charge in [0.1, 0.15) is 0 Å². The van der Waals surface area contributed by atoms with Gasteiger partial charge in [-0.2, -0.15) is 0 Å². The Kier molecular flexibility index (Phi) is 6.13. The van der Waals surface area contributed by atoms with Crippen molar-refractivity contribution in [2.24, 2.45) is 11.3 Å². The minimum Gasteiger partial charge on any atom is -0.314 e. The lowest BCUT2D eigenvalue weighted by Crippen LogP contribution is -2.43. The molecule has 0 aromatic rings. The molecular weight excluding hydrogens is 220 g/mol. The average molecular weight is 254 g/mol. The van der Waals surface area contributed by atoms with Gasteiger partial charge in [-0.25, -0.2) is 0 Å². The SMILES string of the molecule is CC(C)CCN(CC(C)(C)CNC(C)C)C1CC1. The van der Waals surface area contributed by atoms with Crippen LogP contribution in [0.15, 0.2) is 0 Å². The summed E-state index contributed by atoms with van der Waals surface area (Å²) in [7, 11) is 0. The molecule has 1 N–H and O–H groups in total. The second kappa shape index (κ2) is 6.91. The fraction of sp³-hybridized carbons (Fsp3) is 1.00. The Hall–Kier alpha value is -0.0800. The van der Waals surface area contributed by atoms with Gasteiger partial charge in [0.15, 0.2) is 0 Å². The van der Waals surface area contributed by atoms with Crippen molar-refractivity contribution in [1.82, 2.24) is 10.2 Å². The Morgan fingerprint density at radius 2 is 1.78 bits per heavy atom. The van der Waals surface area contributed by atoms with Gasteiger partial charge in [-0.3, -0.25) is 4.90 Å². The molecule has 1 aliphatic rings. The lowest BCUT2D eigenvalue weighted by Gasteiger charge is -2.34. The van der Waals surface area contributed by atoms with E-state index in [4.69, 9.17) is 0 Å². The Bertz CT molecular complexity index is 229. The lowest BCUT2D eigenvalue weighted by atomic mass is 9.92. The summed E-state index contributed by atoms with van der Waals surface area (Å²) >= 11 is 0. The molecule has 0 atom stereocenters. The third kappa shape index (κ3) is 6.75. The smallest absolute Gasteiger partial charge is 0.00966 e. The van der Waals surface area contributed by atoms with Crippen molar-refractivity contribution < 1.29 is 0 Å². The summed E-state index contributed by atoms with van der Waals surface area (Å²) in [5.74, 6) is 0.822. The van der Waals surface area contributed by atoms with E-state index in [1.807, 2.05) is 0 Å². The van der Waals surface area contributed by atoms with E-state index in [2.05, 4.69) is 51.8 Å². The molecule has 0 radical (unpaired) electrons. The van der Waals surface area contributed by atoms with Crippen molar-refractivity contribution in [3.63, 3.8) is 0 Å². The molecule has 0 bridgehead atoms. The van der Waals surface area contributed by atoms with E-state index in [1.54, 1.807) is 0 Å². The molecule has 1 saturated carbocycles. The highest BCUT2D eigenvalue weighted by Crippen LogP contribution is 2.30. The zero-order chi connectivity index (χ0) is 13.8. The first-order valence-corrected chi connectivity index (χ1v) is 7.77. The van der Waals surface area contributed by atoms with Gasteiger partial charge < -0.3 is 5.32 Å². The minimum absolute atomic E-state index is 0.379. The third-order valence-electron chi connectivity index (χ3n) is 3.68. The molecule has 18 heavy (non-hydrogen) atoms. The van der Waals surface area contributed by atoms with Crippen molar-refractivity contribution in [2.75, 3.05) is 19.6 Å². The van der Waals surface area contributed by atoms with Gasteiger partial charge in [0.05, 0.1) is 0 Å². The summed E-state index contributed by atoms with van der Waals surface area (Å²) in [6.07, 6.45) is 4.18. The van der Waals surface area contributed by atoms with Crippen LogP contribution in [-0.2, 0) is 0 Å². The van der Waals surface area contributed by atoms with E-state index < -0.39 is 0 Å². The van der Waals surface area contributed by atoms with Gasteiger partial charge in [0.25, 0.3) is 0 Å². The lowest BCUT2D eigenvalue weighted by molar-refractivity contribution is 0.157. The van der Waals surface area contributed by atoms with Crippen molar-refractivity contribution in [3.8, 4) is 0 Å². The quantitative estimate of drug-likeness (QED) is 0.677. The average Bonchev–Trinajstić information content (AvgIpc) is 3.05. The summed E-state index contributed by atoms with van der Waals surface area (Å²) in [6, 6.07) is 1.48. The van der Waals surface area contributed by atoms with Gasteiger partial charge in [0.2, 0.25) is 0 Å². The van der Waals surface area contributed by atoms with Crippen LogP contribution in [0.1, 0.15) is 60.8 Å². The third-order valence-corrected chi connectivity index (χ3v) is 3.68. The molecule has 108 valence electrons. The number of nitrogens with zero attached hydrogens (tertiary/aromatic N) is 1. The molecule has 0 aliphatic heterocycles. The second-order valence-corrected chi connectivity index (χ2v) is 7.58. The van der Waals surface area contributed by atoms with E-state index in [1.165, 1.54) is 32.4 Å². The van der Waals surface area contributed by atoms with E-state index in [-0.39, 0.29) is 0 Å². The fourth-order valence-electron chi connectivity index (χ4n) is 2.34. The van der Waals surface area contributed by atoms with Gasteiger partial charge in [-0.05, 0) is 37.1 Å². The Balaban J connectivity index is 2.38. The molecule has 2 nitrogen and oxygen atoms in total. The molecule has 0 aromatic carbocycles. The van der Waals surface area contributed by atoms with Gasteiger partial charge in [0, 0.05) is 25.2 Å². The van der Waals surface area contributed by atoms with Crippen LogP contribution in [0.25, 0.3) is 0 Å². The largest absolute Gasteiger partial charge is 0.314 e.